The maximum absolute atomic E-state index is 12.3. The van der Waals surface area contributed by atoms with Crippen LogP contribution in [-0.2, 0) is 12.3 Å². The number of hydrogen-bond acceptors (Lipinski definition) is 7. The summed E-state index contributed by atoms with van der Waals surface area (Å²) in [5.74, 6) is 0.847. The second-order valence-electron chi connectivity index (χ2n) is 6.92. The molecule has 2 aliphatic heterocycles. The molecule has 0 bridgehead atoms. The molecule has 0 amide bonds. The van der Waals surface area contributed by atoms with Gasteiger partial charge in [-0.25, -0.2) is 9.78 Å². The number of benzene rings is 1. The van der Waals surface area contributed by atoms with Gasteiger partial charge in [0, 0.05) is 12.3 Å². The SMILES string of the molecule is Cc1cc2nc3c(=O)[nH]c(=O)nc-3n(CCCCCCC(O)O)c2cc1CS. The van der Waals surface area contributed by atoms with Gasteiger partial charge in [0.1, 0.15) is 0 Å². The highest BCUT2D eigenvalue weighted by Gasteiger charge is 2.19. The number of unbranched alkanes of at least 4 members (excludes halogenated alkanes) is 3. The summed E-state index contributed by atoms with van der Waals surface area (Å²) in [4.78, 5) is 34.7. The molecular formula is C19H24N4O4S. The number of aromatic nitrogens is 4. The van der Waals surface area contributed by atoms with Gasteiger partial charge >= 0.3 is 5.69 Å². The Morgan fingerprint density at radius 2 is 1.89 bits per heavy atom. The summed E-state index contributed by atoms with van der Waals surface area (Å²) in [5, 5.41) is 17.8. The van der Waals surface area contributed by atoms with Gasteiger partial charge in [-0.3, -0.25) is 9.78 Å². The van der Waals surface area contributed by atoms with Gasteiger partial charge in [-0.05, 0) is 49.4 Å². The number of fused-ring (bicyclic) bond motifs is 2. The molecular weight excluding hydrogens is 380 g/mol. The van der Waals surface area contributed by atoms with E-state index in [4.69, 9.17) is 10.2 Å². The Kier molecular flexibility index (Phi) is 6.48. The molecule has 0 fully saturated rings. The van der Waals surface area contributed by atoms with E-state index in [0.29, 0.717) is 24.2 Å². The zero-order valence-electron chi connectivity index (χ0n) is 15.7. The highest BCUT2D eigenvalue weighted by atomic mass is 32.1. The molecule has 1 aromatic rings. The van der Waals surface area contributed by atoms with E-state index in [2.05, 4.69) is 27.6 Å². The van der Waals surface area contributed by atoms with E-state index in [9.17, 15) is 9.59 Å². The average molecular weight is 404 g/mol. The second kappa shape index (κ2) is 8.85. The zero-order valence-corrected chi connectivity index (χ0v) is 16.6. The van der Waals surface area contributed by atoms with Crippen molar-refractivity contribution in [3.8, 4) is 11.5 Å². The van der Waals surface area contributed by atoms with Gasteiger partial charge in [-0.15, -0.1) is 0 Å². The Labute approximate surface area is 167 Å². The van der Waals surface area contributed by atoms with Gasteiger partial charge in [0.2, 0.25) is 0 Å². The van der Waals surface area contributed by atoms with Crippen LogP contribution in [0, 0.1) is 6.92 Å². The van der Waals surface area contributed by atoms with Crippen molar-refractivity contribution in [3.05, 3.63) is 44.1 Å². The number of hydrogen-bond donors (Lipinski definition) is 4. The van der Waals surface area contributed by atoms with Crippen molar-refractivity contribution in [2.75, 3.05) is 0 Å². The first kappa shape index (κ1) is 20.5. The number of nitrogens with one attached hydrogen (secondary N) is 1. The van der Waals surface area contributed by atoms with Crippen LogP contribution in [0.1, 0.15) is 43.2 Å². The Hall–Kier alpha value is -2.23. The van der Waals surface area contributed by atoms with Crippen molar-refractivity contribution in [1.82, 2.24) is 19.5 Å². The number of aromatic amines is 1. The standard InChI is InChI=1S/C19H24N4O4S/c1-11-8-13-14(9-12(11)10-28)23(7-5-3-2-4-6-15(24)25)17-16(20-13)18(26)22-19(27)21-17/h8-9,15,24-25,28H,2-7,10H2,1H3,(H,22,26,27). The van der Waals surface area contributed by atoms with Crippen LogP contribution < -0.4 is 11.2 Å². The van der Waals surface area contributed by atoms with Gasteiger partial charge in [0.25, 0.3) is 5.56 Å². The normalized spacial score (nSPS) is 11.8. The van der Waals surface area contributed by atoms with E-state index < -0.39 is 17.5 Å². The van der Waals surface area contributed by atoms with Crippen LogP contribution in [-0.4, -0.2) is 36.0 Å². The molecule has 1 aromatic carbocycles. The molecule has 2 aliphatic rings. The lowest BCUT2D eigenvalue weighted by Gasteiger charge is -2.18. The molecule has 0 aromatic heterocycles. The summed E-state index contributed by atoms with van der Waals surface area (Å²) in [7, 11) is 0. The smallest absolute Gasteiger partial charge is 0.349 e. The fourth-order valence-corrected chi connectivity index (χ4v) is 3.68. The maximum atomic E-state index is 12.3. The Morgan fingerprint density at radius 1 is 1.14 bits per heavy atom. The van der Waals surface area contributed by atoms with E-state index in [1.54, 1.807) is 0 Å². The van der Waals surface area contributed by atoms with E-state index in [1.807, 2.05) is 23.6 Å². The van der Waals surface area contributed by atoms with Crippen LogP contribution in [0.2, 0.25) is 0 Å². The van der Waals surface area contributed by atoms with Crippen molar-refractivity contribution in [2.24, 2.45) is 0 Å². The number of H-pyrrole nitrogens is 1. The number of thiol groups is 1. The van der Waals surface area contributed by atoms with Crippen LogP contribution >= 0.6 is 12.6 Å². The highest BCUT2D eigenvalue weighted by molar-refractivity contribution is 7.79. The first-order chi connectivity index (χ1) is 13.4. The molecule has 0 aliphatic carbocycles. The minimum absolute atomic E-state index is 0.147. The summed E-state index contributed by atoms with van der Waals surface area (Å²) in [6.45, 7) is 2.54. The molecule has 8 nitrogen and oxygen atoms in total. The predicted octanol–water partition coefficient (Wildman–Crippen LogP) is 1.58. The molecule has 0 radical (unpaired) electrons. The molecule has 9 heteroatoms. The first-order valence-corrected chi connectivity index (χ1v) is 9.95. The third-order valence-corrected chi connectivity index (χ3v) is 5.17. The van der Waals surface area contributed by atoms with Crippen LogP contribution in [0.25, 0.3) is 22.6 Å². The summed E-state index contributed by atoms with van der Waals surface area (Å²) >= 11 is 4.38. The third kappa shape index (κ3) is 4.43. The lowest BCUT2D eigenvalue weighted by Crippen LogP contribution is -2.29. The lowest BCUT2D eigenvalue weighted by molar-refractivity contribution is -0.0466. The molecule has 0 saturated carbocycles. The van der Waals surface area contributed by atoms with Gasteiger partial charge in [0.05, 0.1) is 11.0 Å². The Balaban J connectivity index is 2.00. The van der Waals surface area contributed by atoms with E-state index in [-0.39, 0.29) is 11.5 Å². The molecule has 0 atom stereocenters. The molecule has 150 valence electrons. The minimum Gasteiger partial charge on any atom is -0.368 e. The Bertz CT molecular complexity index is 1060. The fourth-order valence-electron chi connectivity index (χ4n) is 3.34. The van der Waals surface area contributed by atoms with E-state index in [0.717, 1.165) is 42.3 Å². The van der Waals surface area contributed by atoms with Crippen molar-refractivity contribution in [1.29, 1.82) is 0 Å². The Morgan fingerprint density at radius 3 is 2.61 bits per heavy atom. The quantitative estimate of drug-likeness (QED) is 0.196. The van der Waals surface area contributed by atoms with Gasteiger partial charge in [-0.1, -0.05) is 12.8 Å². The highest BCUT2D eigenvalue weighted by Crippen LogP contribution is 2.25. The lowest BCUT2D eigenvalue weighted by atomic mass is 10.1. The van der Waals surface area contributed by atoms with Crippen molar-refractivity contribution in [3.63, 3.8) is 0 Å². The second-order valence-corrected chi connectivity index (χ2v) is 7.23. The number of rotatable bonds is 8. The molecule has 0 unspecified atom stereocenters. The van der Waals surface area contributed by atoms with Crippen LogP contribution in [0.4, 0.5) is 0 Å². The van der Waals surface area contributed by atoms with Crippen LogP contribution in [0.5, 0.6) is 0 Å². The number of aliphatic hydroxyl groups excluding tert-OH is 1. The van der Waals surface area contributed by atoms with Crippen LogP contribution in [0.15, 0.2) is 21.7 Å². The van der Waals surface area contributed by atoms with Gasteiger partial charge < -0.3 is 14.8 Å². The molecule has 28 heavy (non-hydrogen) atoms. The summed E-state index contributed by atoms with van der Waals surface area (Å²) in [6, 6.07) is 3.91. The van der Waals surface area contributed by atoms with E-state index in [1.165, 1.54) is 0 Å². The summed E-state index contributed by atoms with van der Waals surface area (Å²) in [5.41, 5.74) is 2.48. The van der Waals surface area contributed by atoms with Gasteiger partial charge in [0.15, 0.2) is 17.8 Å². The molecule has 0 spiro atoms. The first-order valence-electron chi connectivity index (χ1n) is 9.32. The number of nitrogens with zero attached hydrogens (tertiary/aromatic N) is 3. The van der Waals surface area contributed by atoms with Crippen molar-refractivity contribution in [2.45, 2.75) is 57.6 Å². The van der Waals surface area contributed by atoms with Crippen molar-refractivity contribution >= 4 is 23.7 Å². The monoisotopic (exact) mass is 404 g/mol. The maximum Gasteiger partial charge on any atom is 0.349 e. The minimum atomic E-state index is -1.27. The fraction of sp³-hybridized carbons (Fsp3) is 0.474. The van der Waals surface area contributed by atoms with Gasteiger partial charge in [-0.2, -0.15) is 17.6 Å². The van der Waals surface area contributed by atoms with Crippen LogP contribution in [0.3, 0.4) is 0 Å². The average Bonchev–Trinajstić information content (AvgIpc) is 2.63. The molecule has 2 heterocycles. The largest absolute Gasteiger partial charge is 0.368 e. The number of aryl methyl sites for hydroxylation is 2. The third-order valence-electron chi connectivity index (χ3n) is 4.83. The zero-order chi connectivity index (χ0) is 20.3. The summed E-state index contributed by atoms with van der Waals surface area (Å²) in [6.07, 6.45) is 2.36. The molecule has 3 N–H and O–H groups in total. The predicted molar refractivity (Wildman–Crippen MR) is 110 cm³/mol. The molecule has 3 rings (SSSR count). The molecule has 0 saturated heterocycles. The topological polar surface area (TPSA) is 121 Å². The summed E-state index contributed by atoms with van der Waals surface area (Å²) < 4.78 is 1.88. The van der Waals surface area contributed by atoms with E-state index >= 15 is 0 Å². The number of aliphatic hydroxyl groups is 2. The van der Waals surface area contributed by atoms with Crippen molar-refractivity contribution < 1.29 is 10.2 Å².